The molecule has 1 saturated heterocycles. The second-order valence-electron chi connectivity index (χ2n) is 6.92. The van der Waals surface area contributed by atoms with E-state index in [-0.39, 0.29) is 6.04 Å². The summed E-state index contributed by atoms with van der Waals surface area (Å²) in [5.74, 6) is -0.780. The molecule has 0 amide bonds. The molecule has 3 rings (SSSR count). The van der Waals surface area contributed by atoms with Crippen LogP contribution in [0.15, 0.2) is 54.6 Å². The van der Waals surface area contributed by atoms with Gasteiger partial charge in [-0.2, -0.15) is 0 Å². The molecule has 0 bridgehead atoms. The minimum Gasteiger partial charge on any atom is -0.480 e. The maximum absolute atomic E-state index is 11.6. The van der Waals surface area contributed by atoms with Crippen molar-refractivity contribution in [2.45, 2.75) is 37.9 Å². The standard InChI is InChI=1S/C21H25ClN2O2/c22-18-8-6-17(7-9-18)15-24-12-10-19(11-13-24)23-20(21(25)26)14-16-4-2-1-3-5-16/h1-9,19-20,23H,10-15H2,(H,25,26)/t20-/m0/s1. The van der Waals surface area contributed by atoms with Crippen LogP contribution in [0.3, 0.4) is 0 Å². The molecule has 5 heteroatoms. The quantitative estimate of drug-likeness (QED) is 0.779. The Labute approximate surface area is 159 Å². The summed E-state index contributed by atoms with van der Waals surface area (Å²) >= 11 is 5.94. The maximum atomic E-state index is 11.6. The van der Waals surface area contributed by atoms with E-state index >= 15 is 0 Å². The van der Waals surface area contributed by atoms with Gasteiger partial charge in [-0.3, -0.25) is 9.69 Å². The molecule has 1 aliphatic heterocycles. The molecule has 2 N–H and O–H groups in total. The fourth-order valence-electron chi connectivity index (χ4n) is 3.46. The molecular weight excluding hydrogens is 348 g/mol. The van der Waals surface area contributed by atoms with E-state index in [4.69, 9.17) is 11.6 Å². The highest BCUT2D eigenvalue weighted by molar-refractivity contribution is 6.30. The monoisotopic (exact) mass is 372 g/mol. The van der Waals surface area contributed by atoms with E-state index in [1.165, 1.54) is 5.56 Å². The molecular formula is C21H25ClN2O2. The number of hydrogen-bond acceptors (Lipinski definition) is 3. The predicted molar refractivity (Wildman–Crippen MR) is 104 cm³/mol. The van der Waals surface area contributed by atoms with E-state index in [9.17, 15) is 9.90 Å². The lowest BCUT2D eigenvalue weighted by atomic mass is 10.0. The third kappa shape index (κ3) is 5.56. The van der Waals surface area contributed by atoms with Crippen molar-refractivity contribution in [1.82, 2.24) is 10.2 Å². The Balaban J connectivity index is 1.48. The molecule has 1 aliphatic rings. The van der Waals surface area contributed by atoms with Crippen molar-refractivity contribution in [3.63, 3.8) is 0 Å². The second-order valence-corrected chi connectivity index (χ2v) is 7.36. The molecule has 26 heavy (non-hydrogen) atoms. The first-order valence-corrected chi connectivity index (χ1v) is 9.47. The lowest BCUT2D eigenvalue weighted by Crippen LogP contribution is -2.49. The van der Waals surface area contributed by atoms with Crippen LogP contribution in [-0.2, 0) is 17.8 Å². The minimum atomic E-state index is -0.780. The van der Waals surface area contributed by atoms with Gasteiger partial charge in [0.2, 0.25) is 0 Å². The van der Waals surface area contributed by atoms with Crippen LogP contribution in [0.4, 0.5) is 0 Å². The van der Waals surface area contributed by atoms with Crippen LogP contribution >= 0.6 is 11.6 Å². The number of carbonyl (C=O) groups is 1. The van der Waals surface area contributed by atoms with E-state index in [1.807, 2.05) is 42.5 Å². The lowest BCUT2D eigenvalue weighted by molar-refractivity contribution is -0.139. The van der Waals surface area contributed by atoms with Crippen molar-refractivity contribution in [1.29, 1.82) is 0 Å². The fraction of sp³-hybridized carbons (Fsp3) is 0.381. The van der Waals surface area contributed by atoms with Gasteiger partial charge in [-0.25, -0.2) is 0 Å². The van der Waals surface area contributed by atoms with Gasteiger partial charge in [0.1, 0.15) is 6.04 Å². The van der Waals surface area contributed by atoms with Crippen molar-refractivity contribution >= 4 is 17.6 Å². The number of likely N-dealkylation sites (tertiary alicyclic amines) is 1. The van der Waals surface area contributed by atoms with Crippen LogP contribution in [0.25, 0.3) is 0 Å². The Morgan fingerprint density at radius 3 is 2.35 bits per heavy atom. The third-order valence-corrected chi connectivity index (χ3v) is 5.18. The molecule has 1 heterocycles. The van der Waals surface area contributed by atoms with Gasteiger partial charge >= 0.3 is 5.97 Å². The van der Waals surface area contributed by atoms with Crippen LogP contribution in [0.5, 0.6) is 0 Å². The van der Waals surface area contributed by atoms with E-state index < -0.39 is 12.0 Å². The zero-order valence-corrected chi connectivity index (χ0v) is 15.5. The highest BCUT2D eigenvalue weighted by Crippen LogP contribution is 2.17. The Morgan fingerprint density at radius 2 is 1.73 bits per heavy atom. The number of nitrogens with one attached hydrogen (secondary N) is 1. The van der Waals surface area contributed by atoms with Gasteiger partial charge < -0.3 is 10.4 Å². The molecule has 138 valence electrons. The third-order valence-electron chi connectivity index (χ3n) is 4.92. The highest BCUT2D eigenvalue weighted by Gasteiger charge is 2.25. The van der Waals surface area contributed by atoms with Crippen molar-refractivity contribution < 1.29 is 9.90 Å². The van der Waals surface area contributed by atoms with Gasteiger partial charge in [-0.05, 0) is 55.6 Å². The Bertz CT molecular complexity index is 698. The fourth-order valence-corrected chi connectivity index (χ4v) is 3.58. The summed E-state index contributed by atoms with van der Waals surface area (Å²) in [5.41, 5.74) is 2.31. The smallest absolute Gasteiger partial charge is 0.321 e. The number of aliphatic carboxylic acids is 1. The van der Waals surface area contributed by atoms with Gasteiger partial charge in [0.25, 0.3) is 0 Å². The summed E-state index contributed by atoms with van der Waals surface area (Å²) in [6.45, 7) is 2.85. The molecule has 0 unspecified atom stereocenters. The Kier molecular flexibility index (Phi) is 6.67. The van der Waals surface area contributed by atoms with Crippen molar-refractivity contribution in [3.05, 3.63) is 70.7 Å². The minimum absolute atomic E-state index is 0.251. The number of nitrogens with zero attached hydrogens (tertiary/aromatic N) is 1. The zero-order chi connectivity index (χ0) is 18.4. The van der Waals surface area contributed by atoms with Gasteiger partial charge in [-0.1, -0.05) is 54.1 Å². The van der Waals surface area contributed by atoms with E-state index in [0.29, 0.717) is 6.42 Å². The van der Waals surface area contributed by atoms with Gasteiger partial charge in [0.05, 0.1) is 0 Å². The van der Waals surface area contributed by atoms with Crippen LogP contribution in [0, 0.1) is 0 Å². The summed E-state index contributed by atoms with van der Waals surface area (Å²) in [6.07, 6.45) is 2.44. The van der Waals surface area contributed by atoms with Crippen LogP contribution in [0.1, 0.15) is 24.0 Å². The van der Waals surface area contributed by atoms with Gasteiger partial charge in [0, 0.05) is 17.6 Å². The molecule has 4 nitrogen and oxygen atoms in total. The first-order valence-electron chi connectivity index (χ1n) is 9.10. The van der Waals surface area contributed by atoms with Crippen LogP contribution in [-0.4, -0.2) is 41.1 Å². The molecule has 2 aromatic carbocycles. The number of halogens is 1. The largest absolute Gasteiger partial charge is 0.480 e. The molecule has 0 spiro atoms. The maximum Gasteiger partial charge on any atom is 0.321 e. The second kappa shape index (κ2) is 9.17. The molecule has 1 fully saturated rings. The van der Waals surface area contributed by atoms with Crippen molar-refractivity contribution in [2.75, 3.05) is 13.1 Å². The summed E-state index contributed by atoms with van der Waals surface area (Å²) in [4.78, 5) is 14.0. The zero-order valence-electron chi connectivity index (χ0n) is 14.8. The number of benzene rings is 2. The molecule has 0 radical (unpaired) electrons. The number of hydrogen-bond donors (Lipinski definition) is 2. The first-order chi connectivity index (χ1) is 12.6. The summed E-state index contributed by atoms with van der Waals surface area (Å²) in [7, 11) is 0. The summed E-state index contributed by atoms with van der Waals surface area (Å²) in [6, 6.07) is 17.5. The number of carboxylic acids is 1. The summed E-state index contributed by atoms with van der Waals surface area (Å²) < 4.78 is 0. The molecule has 0 aromatic heterocycles. The molecule has 0 saturated carbocycles. The van der Waals surface area contributed by atoms with Crippen molar-refractivity contribution in [2.24, 2.45) is 0 Å². The SMILES string of the molecule is O=C(O)[C@H](Cc1ccccc1)NC1CCN(Cc2ccc(Cl)cc2)CC1. The molecule has 1 atom stereocenters. The average molecular weight is 373 g/mol. The van der Waals surface area contributed by atoms with Gasteiger partial charge in [-0.15, -0.1) is 0 Å². The average Bonchev–Trinajstić information content (AvgIpc) is 2.65. The van der Waals surface area contributed by atoms with E-state index in [1.54, 1.807) is 0 Å². The van der Waals surface area contributed by atoms with Crippen LogP contribution in [0.2, 0.25) is 5.02 Å². The van der Waals surface area contributed by atoms with Gasteiger partial charge in [0.15, 0.2) is 0 Å². The number of rotatable bonds is 7. The van der Waals surface area contributed by atoms with E-state index in [2.05, 4.69) is 22.3 Å². The topological polar surface area (TPSA) is 52.6 Å². The Hall–Kier alpha value is -1.88. The van der Waals surface area contributed by atoms with Crippen molar-refractivity contribution in [3.8, 4) is 0 Å². The van der Waals surface area contributed by atoms with E-state index in [0.717, 1.165) is 43.1 Å². The molecule has 2 aromatic rings. The highest BCUT2D eigenvalue weighted by atomic mass is 35.5. The Morgan fingerprint density at radius 1 is 1.08 bits per heavy atom. The first kappa shape index (κ1) is 18.9. The number of piperidine rings is 1. The normalized spacial score (nSPS) is 17.1. The predicted octanol–water partition coefficient (Wildman–Crippen LogP) is 3.59. The summed E-state index contributed by atoms with van der Waals surface area (Å²) in [5, 5.41) is 13.7. The number of carboxylic acid groups (broad SMARTS) is 1. The molecule has 0 aliphatic carbocycles. The lowest BCUT2D eigenvalue weighted by Gasteiger charge is -2.34. The van der Waals surface area contributed by atoms with Crippen LogP contribution < -0.4 is 5.32 Å².